The van der Waals surface area contributed by atoms with Gasteiger partial charge < -0.3 is 19.6 Å². The summed E-state index contributed by atoms with van der Waals surface area (Å²) in [4.78, 5) is 20.8. The third kappa shape index (κ3) is 3.50. The number of carbonyl (C=O) groups excluding carboxylic acids is 1. The van der Waals surface area contributed by atoms with Crippen molar-refractivity contribution in [2.24, 2.45) is 5.92 Å². The van der Waals surface area contributed by atoms with E-state index in [-0.39, 0.29) is 34.8 Å². The molecule has 206 valence electrons. The third-order valence-electron chi connectivity index (χ3n) is 10.8. The lowest BCUT2D eigenvalue weighted by atomic mass is 9.46. The lowest BCUT2D eigenvalue weighted by molar-refractivity contribution is -0.160. The Labute approximate surface area is 232 Å². The van der Waals surface area contributed by atoms with Crippen molar-refractivity contribution in [2.45, 2.75) is 74.6 Å². The van der Waals surface area contributed by atoms with Gasteiger partial charge in [0.05, 0.1) is 11.5 Å². The van der Waals surface area contributed by atoms with Crippen LogP contribution in [0.4, 0.5) is 0 Å². The average molecular weight is 528 g/mol. The van der Waals surface area contributed by atoms with Crippen LogP contribution in [0, 0.1) is 12.8 Å². The van der Waals surface area contributed by atoms with Crippen LogP contribution in [0.2, 0.25) is 0 Å². The SMILES string of the molecule is Cc1cccc(C=CC(=O)N(C)[C@@H]2CC[C@@]3(N(C)C)[C@H]4Cc5ccc(O)c6c5[C@@]3(CCN4CC3CC3)[C@H]2O6)c1. The number of benzene rings is 2. The molecule has 0 radical (unpaired) electrons. The van der Waals surface area contributed by atoms with Gasteiger partial charge >= 0.3 is 0 Å². The van der Waals surface area contributed by atoms with Crippen LogP contribution in [0.25, 0.3) is 6.08 Å². The topological polar surface area (TPSA) is 56.2 Å². The van der Waals surface area contributed by atoms with Crippen molar-refractivity contribution in [3.8, 4) is 11.5 Å². The van der Waals surface area contributed by atoms with E-state index in [1.807, 2.05) is 36.2 Å². The molecule has 1 amide bonds. The number of piperidine rings is 1. The number of rotatable bonds is 6. The van der Waals surface area contributed by atoms with Crippen LogP contribution >= 0.6 is 0 Å². The van der Waals surface area contributed by atoms with Crippen molar-refractivity contribution in [1.82, 2.24) is 14.7 Å². The van der Waals surface area contributed by atoms with E-state index in [4.69, 9.17) is 4.74 Å². The van der Waals surface area contributed by atoms with Crippen LogP contribution in [-0.2, 0) is 16.6 Å². The Morgan fingerprint density at radius 3 is 2.72 bits per heavy atom. The Balaban J connectivity index is 1.29. The van der Waals surface area contributed by atoms with Crippen LogP contribution < -0.4 is 4.74 Å². The molecule has 2 saturated carbocycles. The summed E-state index contributed by atoms with van der Waals surface area (Å²) in [5.41, 5.74) is 4.39. The highest BCUT2D eigenvalue weighted by Crippen LogP contribution is 2.67. The monoisotopic (exact) mass is 527 g/mol. The molecule has 1 N–H and O–H groups in total. The van der Waals surface area contributed by atoms with E-state index in [0.717, 1.165) is 43.7 Å². The fraction of sp³-hybridized carbons (Fsp3) is 0.545. The summed E-state index contributed by atoms with van der Waals surface area (Å²) in [6.07, 6.45) is 9.99. The maximum Gasteiger partial charge on any atom is 0.246 e. The number of carbonyl (C=O) groups is 1. The van der Waals surface area contributed by atoms with E-state index < -0.39 is 0 Å². The molecule has 3 aliphatic carbocycles. The lowest BCUT2D eigenvalue weighted by Gasteiger charge is -2.69. The van der Waals surface area contributed by atoms with Crippen molar-refractivity contribution < 1.29 is 14.6 Å². The molecule has 2 aromatic rings. The van der Waals surface area contributed by atoms with Gasteiger partial charge in [-0.1, -0.05) is 35.9 Å². The zero-order valence-electron chi connectivity index (χ0n) is 23.7. The molecular weight excluding hydrogens is 486 g/mol. The van der Waals surface area contributed by atoms with Crippen LogP contribution in [0.1, 0.15) is 54.4 Å². The number of ether oxygens (including phenoxy) is 1. The number of phenolic OH excluding ortho intramolecular Hbond substituents is 1. The summed E-state index contributed by atoms with van der Waals surface area (Å²) in [6, 6.07) is 12.5. The van der Waals surface area contributed by atoms with Crippen LogP contribution in [0.3, 0.4) is 0 Å². The number of phenols is 1. The van der Waals surface area contributed by atoms with Crippen molar-refractivity contribution in [1.29, 1.82) is 0 Å². The fourth-order valence-corrected chi connectivity index (χ4v) is 8.99. The molecule has 2 aromatic carbocycles. The van der Waals surface area contributed by atoms with Gasteiger partial charge in [-0.05, 0) is 95.3 Å². The number of likely N-dealkylation sites (N-methyl/N-ethyl adjacent to an activating group) is 2. The summed E-state index contributed by atoms with van der Waals surface area (Å²) in [5, 5.41) is 11.0. The second-order valence-corrected chi connectivity index (χ2v) is 13.0. The first kappa shape index (κ1) is 25.2. The molecule has 2 heterocycles. The van der Waals surface area contributed by atoms with Gasteiger partial charge in [-0.25, -0.2) is 0 Å². The van der Waals surface area contributed by atoms with Gasteiger partial charge in [-0.15, -0.1) is 0 Å². The Bertz CT molecular complexity index is 1350. The Morgan fingerprint density at radius 1 is 1.15 bits per heavy atom. The highest BCUT2D eigenvalue weighted by molar-refractivity contribution is 5.92. The maximum atomic E-state index is 13.6. The molecular formula is C33H41N3O3. The van der Waals surface area contributed by atoms with Gasteiger partial charge in [-0.3, -0.25) is 9.69 Å². The average Bonchev–Trinajstić information content (AvgIpc) is 3.67. The number of aromatic hydroxyl groups is 1. The van der Waals surface area contributed by atoms with Gasteiger partial charge in [0.2, 0.25) is 5.91 Å². The Hall–Kier alpha value is -2.83. The van der Waals surface area contributed by atoms with Gasteiger partial charge in [0.25, 0.3) is 0 Å². The van der Waals surface area contributed by atoms with E-state index in [1.54, 1.807) is 6.08 Å². The summed E-state index contributed by atoms with van der Waals surface area (Å²) in [5.74, 6) is 1.74. The molecule has 7 rings (SSSR count). The summed E-state index contributed by atoms with van der Waals surface area (Å²) < 4.78 is 6.86. The third-order valence-corrected chi connectivity index (χ3v) is 10.8. The van der Waals surface area contributed by atoms with Crippen molar-refractivity contribution in [3.05, 3.63) is 64.7 Å². The smallest absolute Gasteiger partial charge is 0.246 e. The molecule has 0 unspecified atom stereocenters. The highest BCUT2D eigenvalue weighted by Gasteiger charge is 2.74. The molecule has 2 bridgehead atoms. The molecule has 5 aliphatic rings. The normalized spacial score (nSPS) is 32.8. The van der Waals surface area contributed by atoms with Gasteiger partial charge in [0.15, 0.2) is 11.5 Å². The van der Waals surface area contributed by atoms with E-state index in [0.29, 0.717) is 11.8 Å². The Morgan fingerprint density at radius 2 is 1.97 bits per heavy atom. The van der Waals surface area contributed by atoms with Crippen LogP contribution in [-0.4, -0.2) is 83.7 Å². The first-order chi connectivity index (χ1) is 18.8. The minimum absolute atomic E-state index is 0.00205. The number of nitrogens with zero attached hydrogens (tertiary/aromatic N) is 3. The lowest BCUT2D eigenvalue weighted by Crippen LogP contribution is -2.82. The maximum absolute atomic E-state index is 13.6. The largest absolute Gasteiger partial charge is 0.504 e. The molecule has 0 aromatic heterocycles. The molecule has 39 heavy (non-hydrogen) atoms. The predicted octanol–water partition coefficient (Wildman–Crippen LogP) is 4.37. The number of hydrogen-bond acceptors (Lipinski definition) is 5. The second-order valence-electron chi connectivity index (χ2n) is 13.0. The second kappa shape index (κ2) is 8.84. The summed E-state index contributed by atoms with van der Waals surface area (Å²) >= 11 is 0. The molecule has 1 spiro atoms. The molecule has 3 fully saturated rings. The summed E-state index contributed by atoms with van der Waals surface area (Å²) in [6.45, 7) is 4.30. The zero-order valence-corrected chi connectivity index (χ0v) is 23.7. The van der Waals surface area contributed by atoms with Gasteiger partial charge in [-0.2, -0.15) is 0 Å². The molecule has 5 atom stereocenters. The minimum atomic E-state index is -0.263. The van der Waals surface area contributed by atoms with Crippen molar-refractivity contribution in [2.75, 3.05) is 34.2 Å². The van der Waals surface area contributed by atoms with Crippen molar-refractivity contribution in [3.63, 3.8) is 0 Å². The quantitative estimate of drug-likeness (QED) is 0.566. The molecule has 1 saturated heterocycles. The first-order valence-corrected chi connectivity index (χ1v) is 14.7. The molecule has 6 heteroatoms. The van der Waals surface area contributed by atoms with Crippen LogP contribution in [0.15, 0.2) is 42.5 Å². The van der Waals surface area contributed by atoms with E-state index in [2.05, 4.69) is 49.0 Å². The number of likely N-dealkylation sites (tertiary alicyclic amines) is 1. The highest BCUT2D eigenvalue weighted by atomic mass is 16.5. The predicted molar refractivity (Wildman–Crippen MR) is 153 cm³/mol. The van der Waals surface area contributed by atoms with E-state index in [9.17, 15) is 9.90 Å². The Kier molecular flexibility index (Phi) is 5.70. The number of hydrogen-bond donors (Lipinski definition) is 1. The standard InChI is InChI=1S/C33H41N3O3/c1-21-6-5-7-22(18-21)10-13-28(38)35(4)25-14-15-33(34(2)3)27-19-24-11-12-26(37)30-29(24)32(33,31(25)39-30)16-17-36(27)20-23-8-9-23/h5-7,10-13,18,23,25,27,31,37H,8-9,14-17,19-20H2,1-4H3/t25-,27-,31+,32+,33-/m1/s1. The molecule has 2 aliphatic heterocycles. The fourth-order valence-electron chi connectivity index (χ4n) is 8.99. The zero-order chi connectivity index (χ0) is 27.1. The number of aryl methyl sites for hydroxylation is 1. The van der Waals surface area contributed by atoms with Gasteiger partial charge in [0.1, 0.15) is 6.10 Å². The van der Waals surface area contributed by atoms with Gasteiger partial charge in [0, 0.05) is 36.8 Å². The number of amides is 1. The van der Waals surface area contributed by atoms with E-state index >= 15 is 0 Å². The van der Waals surface area contributed by atoms with Crippen molar-refractivity contribution >= 4 is 12.0 Å². The van der Waals surface area contributed by atoms with Crippen LogP contribution in [0.5, 0.6) is 11.5 Å². The minimum Gasteiger partial charge on any atom is -0.504 e. The first-order valence-electron chi connectivity index (χ1n) is 14.7. The summed E-state index contributed by atoms with van der Waals surface area (Å²) in [7, 11) is 6.43. The van der Waals surface area contributed by atoms with E-state index in [1.165, 1.54) is 36.1 Å². The molecule has 6 nitrogen and oxygen atoms in total.